The third-order valence-electron chi connectivity index (χ3n) is 3.50. The number of nitrogens with one attached hydrogen (secondary N) is 1. The van der Waals surface area contributed by atoms with Crippen LogP contribution in [0, 0.1) is 5.92 Å². The van der Waals surface area contributed by atoms with Crippen molar-refractivity contribution in [2.75, 3.05) is 32.7 Å². The van der Waals surface area contributed by atoms with Crippen molar-refractivity contribution in [1.82, 2.24) is 10.2 Å². The van der Waals surface area contributed by atoms with Crippen LogP contribution in [0.3, 0.4) is 0 Å². The molecule has 1 saturated heterocycles. The van der Waals surface area contributed by atoms with Crippen molar-refractivity contribution in [1.29, 1.82) is 0 Å². The Labute approximate surface area is 99.6 Å². The molecule has 0 amide bonds. The maximum absolute atomic E-state index is 11.9. The summed E-state index contributed by atoms with van der Waals surface area (Å²) < 4.78 is 0. The molecule has 3 heteroatoms. The molecule has 0 atom stereocenters. The fourth-order valence-electron chi connectivity index (χ4n) is 2.27. The van der Waals surface area contributed by atoms with Crippen LogP contribution in [0.1, 0.15) is 39.5 Å². The lowest BCUT2D eigenvalue weighted by molar-refractivity contribution is -0.121. The van der Waals surface area contributed by atoms with Gasteiger partial charge in [-0.15, -0.1) is 0 Å². The first kappa shape index (κ1) is 13.7. The van der Waals surface area contributed by atoms with Crippen LogP contribution in [0.2, 0.25) is 0 Å². The monoisotopic (exact) mass is 226 g/mol. The third kappa shape index (κ3) is 5.08. The summed E-state index contributed by atoms with van der Waals surface area (Å²) in [4.78, 5) is 14.2. The predicted molar refractivity (Wildman–Crippen MR) is 67.6 cm³/mol. The fourth-order valence-corrected chi connectivity index (χ4v) is 2.27. The van der Waals surface area contributed by atoms with Gasteiger partial charge in [-0.3, -0.25) is 9.69 Å². The highest BCUT2D eigenvalue weighted by molar-refractivity contribution is 5.80. The molecule has 0 aromatic rings. The first-order valence-electron chi connectivity index (χ1n) is 6.71. The van der Waals surface area contributed by atoms with Crippen LogP contribution >= 0.6 is 0 Å². The summed E-state index contributed by atoms with van der Waals surface area (Å²) in [7, 11) is 0. The first-order chi connectivity index (χ1) is 7.76. The Hall–Kier alpha value is -0.410. The van der Waals surface area contributed by atoms with Gasteiger partial charge in [0.2, 0.25) is 0 Å². The third-order valence-corrected chi connectivity index (χ3v) is 3.50. The maximum Gasteiger partial charge on any atom is 0.147 e. The highest BCUT2D eigenvalue weighted by Gasteiger charge is 2.15. The zero-order valence-electron chi connectivity index (χ0n) is 10.8. The summed E-state index contributed by atoms with van der Waals surface area (Å²) >= 11 is 0. The highest BCUT2D eigenvalue weighted by atomic mass is 16.1. The Morgan fingerprint density at radius 1 is 1.25 bits per heavy atom. The molecule has 0 bridgehead atoms. The standard InChI is InChI=1S/C13H26N2O/c1-3-12(4-2)10-13(16)11-15-8-5-6-14-7-9-15/h12,14H,3-11H2,1-2H3. The van der Waals surface area contributed by atoms with Crippen molar-refractivity contribution in [2.24, 2.45) is 5.92 Å². The van der Waals surface area contributed by atoms with Crippen LogP contribution in [0.25, 0.3) is 0 Å². The Kier molecular flexibility index (Phi) is 6.65. The van der Waals surface area contributed by atoms with Gasteiger partial charge in [-0.2, -0.15) is 0 Å². The minimum absolute atomic E-state index is 0.426. The number of ketones is 1. The predicted octanol–water partition coefficient (Wildman–Crippen LogP) is 1.68. The lowest BCUT2D eigenvalue weighted by atomic mass is 9.97. The molecule has 16 heavy (non-hydrogen) atoms. The number of Topliss-reactive ketones (excluding diaryl/α,β-unsaturated/α-hetero) is 1. The average molecular weight is 226 g/mol. The van der Waals surface area contributed by atoms with Gasteiger partial charge in [0.05, 0.1) is 6.54 Å². The minimum Gasteiger partial charge on any atom is -0.315 e. The fraction of sp³-hybridized carbons (Fsp3) is 0.923. The number of rotatable bonds is 6. The molecule has 1 fully saturated rings. The molecular weight excluding hydrogens is 200 g/mol. The molecule has 0 aromatic carbocycles. The van der Waals surface area contributed by atoms with E-state index in [-0.39, 0.29) is 0 Å². The molecule has 0 radical (unpaired) electrons. The second-order valence-corrected chi connectivity index (χ2v) is 4.81. The van der Waals surface area contributed by atoms with E-state index in [0.29, 0.717) is 18.2 Å². The van der Waals surface area contributed by atoms with Crippen LogP contribution < -0.4 is 5.32 Å². The van der Waals surface area contributed by atoms with Crippen molar-refractivity contribution in [2.45, 2.75) is 39.5 Å². The van der Waals surface area contributed by atoms with Gasteiger partial charge >= 0.3 is 0 Å². The van der Waals surface area contributed by atoms with Gasteiger partial charge in [0, 0.05) is 19.5 Å². The first-order valence-corrected chi connectivity index (χ1v) is 6.71. The summed E-state index contributed by atoms with van der Waals surface area (Å²) in [5.41, 5.74) is 0. The van der Waals surface area contributed by atoms with E-state index in [4.69, 9.17) is 0 Å². The number of carbonyl (C=O) groups excluding carboxylic acids is 1. The Morgan fingerprint density at radius 2 is 2.00 bits per heavy atom. The Bertz CT molecular complexity index is 194. The zero-order chi connectivity index (χ0) is 11.8. The Morgan fingerprint density at radius 3 is 2.69 bits per heavy atom. The molecule has 1 N–H and O–H groups in total. The number of carbonyl (C=O) groups is 1. The molecule has 1 aliphatic rings. The Balaban J connectivity index is 2.26. The summed E-state index contributed by atoms with van der Waals surface area (Å²) in [5, 5.41) is 3.36. The van der Waals surface area contributed by atoms with Crippen molar-refractivity contribution in [3.05, 3.63) is 0 Å². The van der Waals surface area contributed by atoms with E-state index >= 15 is 0 Å². The van der Waals surface area contributed by atoms with E-state index < -0.39 is 0 Å². The van der Waals surface area contributed by atoms with E-state index in [1.807, 2.05) is 0 Å². The topological polar surface area (TPSA) is 32.3 Å². The van der Waals surface area contributed by atoms with E-state index in [2.05, 4.69) is 24.1 Å². The summed E-state index contributed by atoms with van der Waals surface area (Å²) in [6, 6.07) is 0. The largest absolute Gasteiger partial charge is 0.315 e. The molecule has 0 unspecified atom stereocenters. The second kappa shape index (κ2) is 7.80. The molecule has 1 heterocycles. The highest BCUT2D eigenvalue weighted by Crippen LogP contribution is 2.13. The van der Waals surface area contributed by atoms with Gasteiger partial charge < -0.3 is 5.32 Å². The van der Waals surface area contributed by atoms with Gasteiger partial charge in [0.25, 0.3) is 0 Å². The zero-order valence-corrected chi connectivity index (χ0v) is 10.8. The van der Waals surface area contributed by atoms with Gasteiger partial charge in [-0.25, -0.2) is 0 Å². The van der Waals surface area contributed by atoms with Gasteiger partial charge in [-0.1, -0.05) is 26.7 Å². The van der Waals surface area contributed by atoms with Gasteiger partial charge in [-0.05, 0) is 25.4 Å². The van der Waals surface area contributed by atoms with E-state index in [1.165, 1.54) is 0 Å². The summed E-state index contributed by atoms with van der Waals surface area (Å²) in [5.74, 6) is 1.02. The molecule has 0 saturated carbocycles. The lowest BCUT2D eigenvalue weighted by Gasteiger charge is -2.19. The lowest BCUT2D eigenvalue weighted by Crippen LogP contribution is -2.33. The van der Waals surface area contributed by atoms with E-state index in [9.17, 15) is 4.79 Å². The number of hydrogen-bond acceptors (Lipinski definition) is 3. The maximum atomic E-state index is 11.9. The van der Waals surface area contributed by atoms with Crippen LogP contribution in [0.4, 0.5) is 0 Å². The summed E-state index contributed by atoms with van der Waals surface area (Å²) in [6.07, 6.45) is 4.20. The SMILES string of the molecule is CCC(CC)CC(=O)CN1CCCNCC1. The summed E-state index contributed by atoms with van der Waals surface area (Å²) in [6.45, 7) is 9.23. The van der Waals surface area contributed by atoms with Gasteiger partial charge in [0.15, 0.2) is 0 Å². The molecule has 3 nitrogen and oxygen atoms in total. The van der Waals surface area contributed by atoms with Crippen LogP contribution in [-0.2, 0) is 4.79 Å². The molecule has 0 aliphatic carbocycles. The quantitative estimate of drug-likeness (QED) is 0.748. The molecule has 1 aliphatic heterocycles. The number of hydrogen-bond donors (Lipinski definition) is 1. The van der Waals surface area contributed by atoms with Crippen LogP contribution in [0.15, 0.2) is 0 Å². The average Bonchev–Trinajstić information content (AvgIpc) is 2.54. The molecule has 94 valence electrons. The van der Waals surface area contributed by atoms with Crippen LogP contribution in [0.5, 0.6) is 0 Å². The van der Waals surface area contributed by atoms with E-state index in [1.54, 1.807) is 0 Å². The van der Waals surface area contributed by atoms with E-state index in [0.717, 1.165) is 51.9 Å². The minimum atomic E-state index is 0.426. The second-order valence-electron chi connectivity index (χ2n) is 4.81. The number of nitrogens with zero attached hydrogens (tertiary/aromatic N) is 1. The molecule has 0 spiro atoms. The molecule has 1 rings (SSSR count). The van der Waals surface area contributed by atoms with Crippen molar-refractivity contribution in [3.8, 4) is 0 Å². The van der Waals surface area contributed by atoms with Crippen molar-refractivity contribution >= 4 is 5.78 Å². The molecule has 0 aromatic heterocycles. The normalized spacial score (nSPS) is 18.7. The van der Waals surface area contributed by atoms with Crippen molar-refractivity contribution < 1.29 is 4.79 Å². The van der Waals surface area contributed by atoms with Crippen LogP contribution in [-0.4, -0.2) is 43.4 Å². The van der Waals surface area contributed by atoms with Gasteiger partial charge in [0.1, 0.15) is 5.78 Å². The van der Waals surface area contributed by atoms with Crippen molar-refractivity contribution in [3.63, 3.8) is 0 Å². The molecular formula is C13H26N2O. The smallest absolute Gasteiger partial charge is 0.147 e.